The lowest BCUT2D eigenvalue weighted by atomic mass is 10.2. The van der Waals surface area contributed by atoms with E-state index in [-0.39, 0.29) is 17.0 Å². The Morgan fingerprint density at radius 2 is 1.88 bits per heavy atom. The highest BCUT2D eigenvalue weighted by Gasteiger charge is 2.19. The summed E-state index contributed by atoms with van der Waals surface area (Å²) in [6.07, 6.45) is 1.12. The Labute approximate surface area is 152 Å². The molecule has 0 aromatic heterocycles. The van der Waals surface area contributed by atoms with Gasteiger partial charge in [-0.05, 0) is 24.3 Å². The molecular formula is C14H9BrF2N4O5. The highest BCUT2D eigenvalue weighted by Crippen LogP contribution is 2.29. The third kappa shape index (κ3) is 4.92. The fourth-order valence-corrected chi connectivity index (χ4v) is 2.25. The molecule has 2 rings (SSSR count). The number of halogens is 3. The Kier molecular flexibility index (Phi) is 6.11. The van der Waals surface area contributed by atoms with E-state index in [0.717, 1.165) is 24.4 Å². The molecule has 0 atom stereocenters. The quantitative estimate of drug-likeness (QED) is 0.396. The number of non-ortho nitro benzene ring substituents is 1. The van der Waals surface area contributed by atoms with Crippen molar-refractivity contribution in [3.8, 4) is 5.75 Å². The minimum Gasteiger partial charge on any atom is -0.434 e. The van der Waals surface area contributed by atoms with Crippen LogP contribution in [0.25, 0.3) is 0 Å². The maximum Gasteiger partial charge on any atom is 0.387 e. The Hall–Kier alpha value is -3.15. The van der Waals surface area contributed by atoms with Crippen molar-refractivity contribution in [3.63, 3.8) is 0 Å². The number of nitrogens with one attached hydrogen (secondary N) is 1. The smallest absolute Gasteiger partial charge is 0.387 e. The number of benzene rings is 2. The summed E-state index contributed by atoms with van der Waals surface area (Å²) in [5, 5.41) is 25.5. The van der Waals surface area contributed by atoms with E-state index in [1.807, 2.05) is 0 Å². The van der Waals surface area contributed by atoms with Gasteiger partial charge in [-0.15, -0.1) is 0 Å². The Balaban J connectivity index is 2.27. The zero-order valence-electron chi connectivity index (χ0n) is 12.6. The van der Waals surface area contributed by atoms with Crippen LogP contribution < -0.4 is 10.2 Å². The van der Waals surface area contributed by atoms with Gasteiger partial charge >= 0.3 is 12.3 Å². The van der Waals surface area contributed by atoms with Gasteiger partial charge in [0.25, 0.3) is 5.69 Å². The van der Waals surface area contributed by atoms with E-state index in [4.69, 9.17) is 0 Å². The predicted octanol–water partition coefficient (Wildman–Crippen LogP) is 4.31. The first kappa shape index (κ1) is 19.2. The number of nitro benzene ring substituents is 2. The van der Waals surface area contributed by atoms with Crippen molar-refractivity contribution in [2.75, 3.05) is 5.43 Å². The lowest BCUT2D eigenvalue weighted by Gasteiger charge is -2.08. The van der Waals surface area contributed by atoms with Crippen LogP contribution in [-0.4, -0.2) is 22.7 Å². The third-order valence-electron chi connectivity index (χ3n) is 2.97. The van der Waals surface area contributed by atoms with E-state index in [1.165, 1.54) is 18.2 Å². The van der Waals surface area contributed by atoms with Crippen molar-refractivity contribution in [2.45, 2.75) is 6.61 Å². The molecule has 0 amide bonds. The van der Waals surface area contributed by atoms with E-state index in [9.17, 15) is 29.0 Å². The molecule has 0 saturated carbocycles. The molecule has 0 aliphatic carbocycles. The van der Waals surface area contributed by atoms with Gasteiger partial charge in [0.2, 0.25) is 0 Å². The molecule has 9 nitrogen and oxygen atoms in total. The third-order valence-corrected chi connectivity index (χ3v) is 3.46. The molecule has 0 bridgehead atoms. The van der Waals surface area contributed by atoms with E-state index < -0.39 is 27.8 Å². The summed E-state index contributed by atoms with van der Waals surface area (Å²) < 4.78 is 29.7. The van der Waals surface area contributed by atoms with Gasteiger partial charge in [0.05, 0.1) is 22.1 Å². The van der Waals surface area contributed by atoms with Crippen LogP contribution in [0.1, 0.15) is 5.56 Å². The van der Waals surface area contributed by atoms with Crippen molar-refractivity contribution in [2.24, 2.45) is 5.10 Å². The lowest BCUT2D eigenvalue weighted by Crippen LogP contribution is -2.04. The summed E-state index contributed by atoms with van der Waals surface area (Å²) in [5.74, 6) is -0.146. The normalized spacial score (nSPS) is 10.9. The largest absolute Gasteiger partial charge is 0.434 e. The minimum atomic E-state index is -3.04. The number of alkyl halides is 2. The van der Waals surface area contributed by atoms with Crippen LogP contribution >= 0.6 is 15.9 Å². The first-order chi connectivity index (χ1) is 12.3. The van der Waals surface area contributed by atoms with Crippen molar-refractivity contribution < 1.29 is 23.4 Å². The van der Waals surface area contributed by atoms with Gasteiger partial charge in [-0.3, -0.25) is 25.7 Å². The Morgan fingerprint density at radius 3 is 2.50 bits per heavy atom. The number of hydrazone groups is 1. The molecule has 0 aliphatic heterocycles. The summed E-state index contributed by atoms with van der Waals surface area (Å²) in [5.41, 5.74) is 1.41. The maximum atomic E-state index is 12.4. The first-order valence-electron chi connectivity index (χ1n) is 6.74. The molecule has 1 N–H and O–H groups in total. The average molecular weight is 431 g/mol. The molecule has 0 radical (unpaired) electrons. The van der Waals surface area contributed by atoms with Crippen LogP contribution in [0.4, 0.5) is 25.8 Å². The number of anilines is 1. The van der Waals surface area contributed by atoms with E-state index in [2.05, 4.69) is 31.2 Å². The summed E-state index contributed by atoms with van der Waals surface area (Å²) in [4.78, 5) is 20.1. The van der Waals surface area contributed by atoms with Crippen molar-refractivity contribution in [1.82, 2.24) is 0 Å². The molecule has 12 heteroatoms. The second kappa shape index (κ2) is 8.29. The molecule has 0 fully saturated rings. The minimum absolute atomic E-state index is 0.108. The summed E-state index contributed by atoms with van der Waals surface area (Å²) in [6.45, 7) is -3.04. The molecule has 0 heterocycles. The Morgan fingerprint density at radius 1 is 1.15 bits per heavy atom. The molecule has 0 unspecified atom stereocenters. The number of hydrogen-bond donors (Lipinski definition) is 1. The van der Waals surface area contributed by atoms with Crippen molar-refractivity contribution >= 4 is 39.2 Å². The molecule has 0 saturated heterocycles. The van der Waals surface area contributed by atoms with Gasteiger partial charge in [0.1, 0.15) is 11.4 Å². The molecule has 2 aromatic carbocycles. The van der Waals surface area contributed by atoms with Crippen LogP contribution in [0.15, 0.2) is 46.0 Å². The van der Waals surface area contributed by atoms with Gasteiger partial charge in [-0.25, -0.2) is 0 Å². The highest BCUT2D eigenvalue weighted by atomic mass is 79.9. The fourth-order valence-electron chi connectivity index (χ4n) is 1.87. The monoisotopic (exact) mass is 430 g/mol. The summed E-state index contributed by atoms with van der Waals surface area (Å²) in [7, 11) is 0. The highest BCUT2D eigenvalue weighted by molar-refractivity contribution is 9.10. The lowest BCUT2D eigenvalue weighted by molar-refractivity contribution is -0.393. The van der Waals surface area contributed by atoms with Gasteiger partial charge < -0.3 is 4.74 Å². The summed E-state index contributed by atoms with van der Waals surface area (Å²) >= 11 is 3.17. The van der Waals surface area contributed by atoms with Gasteiger partial charge in [0.15, 0.2) is 0 Å². The molecule has 136 valence electrons. The van der Waals surface area contributed by atoms with E-state index in [0.29, 0.717) is 4.47 Å². The number of rotatable bonds is 7. The number of nitrogens with zero attached hydrogens (tertiary/aromatic N) is 3. The topological polar surface area (TPSA) is 120 Å². The molecule has 2 aromatic rings. The van der Waals surface area contributed by atoms with Crippen molar-refractivity contribution in [1.29, 1.82) is 0 Å². The maximum absolute atomic E-state index is 12.4. The second-order valence-corrected chi connectivity index (χ2v) is 5.56. The van der Waals surface area contributed by atoms with Gasteiger partial charge in [0, 0.05) is 16.1 Å². The molecule has 26 heavy (non-hydrogen) atoms. The fraction of sp³-hybridized carbons (Fsp3) is 0.0714. The van der Waals surface area contributed by atoms with Crippen LogP contribution in [0.5, 0.6) is 5.75 Å². The van der Waals surface area contributed by atoms with E-state index in [1.54, 1.807) is 0 Å². The average Bonchev–Trinajstić information content (AvgIpc) is 2.56. The second-order valence-electron chi connectivity index (χ2n) is 4.65. The van der Waals surface area contributed by atoms with Gasteiger partial charge in [-0.1, -0.05) is 15.9 Å². The van der Waals surface area contributed by atoms with Crippen LogP contribution in [0, 0.1) is 20.2 Å². The molecular weight excluding hydrogens is 422 g/mol. The molecule has 0 aliphatic rings. The molecule has 0 spiro atoms. The SMILES string of the molecule is O=[N+]([O-])c1ccc(NN=Cc2cc(Br)ccc2OC(F)F)c([N+](=O)[O-])c1. The number of hydrogen-bond acceptors (Lipinski definition) is 7. The zero-order chi connectivity index (χ0) is 19.3. The standard InChI is InChI=1S/C14H9BrF2N4O5/c15-9-1-4-13(26-14(16)17)8(5-9)7-18-19-11-3-2-10(20(22)23)6-12(11)21(24)25/h1-7,14,19H. The zero-order valence-corrected chi connectivity index (χ0v) is 14.2. The number of ether oxygens (including phenoxy) is 1. The predicted molar refractivity (Wildman–Crippen MR) is 91.7 cm³/mol. The van der Waals surface area contributed by atoms with E-state index >= 15 is 0 Å². The summed E-state index contributed by atoms with van der Waals surface area (Å²) in [6, 6.07) is 7.20. The number of nitro groups is 2. The van der Waals surface area contributed by atoms with Crippen LogP contribution in [0.3, 0.4) is 0 Å². The van der Waals surface area contributed by atoms with Crippen molar-refractivity contribution in [3.05, 3.63) is 66.7 Å². The van der Waals surface area contributed by atoms with Crippen LogP contribution in [0.2, 0.25) is 0 Å². The first-order valence-corrected chi connectivity index (χ1v) is 7.53. The van der Waals surface area contributed by atoms with Crippen LogP contribution in [-0.2, 0) is 0 Å². The Bertz CT molecular complexity index is 878. The van der Waals surface area contributed by atoms with Gasteiger partial charge in [-0.2, -0.15) is 13.9 Å².